The second kappa shape index (κ2) is 5.47. The lowest BCUT2D eigenvalue weighted by Crippen LogP contribution is -2.63. The lowest BCUT2D eigenvalue weighted by molar-refractivity contribution is -0.109. The van der Waals surface area contributed by atoms with Gasteiger partial charge >= 0.3 is 0 Å². The summed E-state index contributed by atoms with van der Waals surface area (Å²) in [4.78, 5) is 0. The highest BCUT2D eigenvalue weighted by Gasteiger charge is 2.71. The molecule has 24 heavy (non-hydrogen) atoms. The van der Waals surface area contributed by atoms with Crippen molar-refractivity contribution in [2.75, 3.05) is 13.7 Å². The summed E-state index contributed by atoms with van der Waals surface area (Å²) in [5.41, 5.74) is 2.53. The van der Waals surface area contributed by atoms with Gasteiger partial charge in [0.05, 0.1) is 12.7 Å². The van der Waals surface area contributed by atoms with Crippen LogP contribution in [-0.4, -0.2) is 30.4 Å². The largest absolute Gasteiger partial charge is 0.497 e. The first-order chi connectivity index (χ1) is 11.5. The molecule has 3 fully saturated rings. The van der Waals surface area contributed by atoms with Crippen molar-refractivity contribution in [3.8, 4) is 5.75 Å². The number of methoxy groups -OCH3 is 1. The Kier molecular flexibility index (Phi) is 3.74. The van der Waals surface area contributed by atoms with Crippen LogP contribution in [0.25, 0.3) is 0 Å². The minimum Gasteiger partial charge on any atom is -0.497 e. The second-order valence-electron chi connectivity index (χ2n) is 8.43. The number of ether oxygens (including phenoxy) is 1. The Bertz CT molecular complexity index is 645. The van der Waals surface area contributed by atoms with E-state index in [0.29, 0.717) is 0 Å². The van der Waals surface area contributed by atoms with Crippen molar-refractivity contribution in [2.24, 2.45) is 0 Å². The summed E-state index contributed by atoms with van der Waals surface area (Å²) in [6.07, 6.45) is 7.94. The molecule has 4 aliphatic rings. The molecule has 1 saturated heterocycles. The molecule has 3 bridgehead atoms. The van der Waals surface area contributed by atoms with Crippen LogP contribution in [0.1, 0.15) is 69.9 Å². The molecule has 1 aromatic rings. The number of benzene rings is 1. The second-order valence-corrected chi connectivity index (χ2v) is 8.43. The normalized spacial score (nSPS) is 41.1. The molecule has 1 heterocycles. The zero-order valence-electron chi connectivity index (χ0n) is 15.3. The minimum atomic E-state index is -0.567. The first-order valence-corrected chi connectivity index (χ1v) is 9.70. The third-order valence-corrected chi connectivity index (χ3v) is 7.05. The fourth-order valence-electron chi connectivity index (χ4n) is 6.20. The molecule has 4 unspecified atom stereocenters. The van der Waals surface area contributed by atoms with E-state index in [0.717, 1.165) is 44.4 Å². The predicted octanol–water partition coefficient (Wildman–Crippen LogP) is 3.67. The molecule has 0 aromatic heterocycles. The summed E-state index contributed by atoms with van der Waals surface area (Å²) >= 11 is 0. The Balaban J connectivity index is 0.000000455. The Morgan fingerprint density at radius 1 is 1.21 bits per heavy atom. The average molecular weight is 329 g/mol. The van der Waals surface area contributed by atoms with E-state index in [1.54, 1.807) is 7.11 Å². The molecular weight excluding hydrogens is 298 g/mol. The van der Waals surface area contributed by atoms with Gasteiger partial charge in [0.1, 0.15) is 5.75 Å². The highest BCUT2D eigenvalue weighted by molar-refractivity contribution is 5.56. The topological polar surface area (TPSA) is 41.5 Å². The summed E-state index contributed by atoms with van der Waals surface area (Å²) < 4.78 is 5.48. The van der Waals surface area contributed by atoms with Crippen molar-refractivity contribution in [3.63, 3.8) is 0 Å². The summed E-state index contributed by atoms with van der Waals surface area (Å²) in [5.74, 6) is 0.934. The van der Waals surface area contributed by atoms with Crippen LogP contribution in [0, 0.1) is 0 Å². The molecule has 3 aliphatic carbocycles. The molecule has 3 heteroatoms. The van der Waals surface area contributed by atoms with Gasteiger partial charge < -0.3 is 15.2 Å². The van der Waals surface area contributed by atoms with E-state index >= 15 is 0 Å². The standard InChI is InChI=1S/C18H23NO2.C3H8/c1-21-12-4-5-13-14(8-12)17-6-2-3-7-18(17,20)15-9-16(13,10-17)11-19-15;1-3-2/h4-5,8,15,19-20H,2-3,6-7,9-11H2,1H3;3H2,1-2H3. The third-order valence-electron chi connectivity index (χ3n) is 7.05. The zero-order chi connectivity index (χ0) is 17.0. The van der Waals surface area contributed by atoms with Crippen molar-refractivity contribution < 1.29 is 9.84 Å². The molecule has 4 atom stereocenters. The zero-order valence-corrected chi connectivity index (χ0v) is 15.3. The molecule has 132 valence electrons. The molecule has 3 nitrogen and oxygen atoms in total. The van der Waals surface area contributed by atoms with Gasteiger partial charge in [-0.2, -0.15) is 0 Å². The third kappa shape index (κ3) is 1.86. The smallest absolute Gasteiger partial charge is 0.119 e. The van der Waals surface area contributed by atoms with E-state index in [9.17, 15) is 5.11 Å². The fraction of sp³-hybridized carbons (Fsp3) is 0.714. The van der Waals surface area contributed by atoms with Crippen molar-refractivity contribution in [3.05, 3.63) is 29.3 Å². The van der Waals surface area contributed by atoms with Gasteiger partial charge in [0.25, 0.3) is 0 Å². The van der Waals surface area contributed by atoms with Crippen LogP contribution in [0.5, 0.6) is 5.75 Å². The monoisotopic (exact) mass is 329 g/mol. The maximum atomic E-state index is 11.7. The van der Waals surface area contributed by atoms with Crippen LogP contribution in [0.15, 0.2) is 18.2 Å². The van der Waals surface area contributed by atoms with Gasteiger partial charge in [-0.25, -0.2) is 0 Å². The Labute approximate surface area is 145 Å². The van der Waals surface area contributed by atoms with Crippen LogP contribution < -0.4 is 10.1 Å². The SMILES string of the molecule is CCC.COc1ccc2c(c1)C13CCCCC1(O)C1CC2(CN1)C3. The first kappa shape index (κ1) is 16.4. The highest BCUT2D eigenvalue weighted by Crippen LogP contribution is 2.67. The number of aliphatic hydroxyl groups is 1. The summed E-state index contributed by atoms with van der Waals surface area (Å²) in [5, 5.41) is 15.3. The van der Waals surface area contributed by atoms with E-state index in [-0.39, 0.29) is 16.9 Å². The van der Waals surface area contributed by atoms with Gasteiger partial charge in [-0.05, 0) is 48.9 Å². The van der Waals surface area contributed by atoms with E-state index < -0.39 is 5.60 Å². The van der Waals surface area contributed by atoms with Crippen LogP contribution >= 0.6 is 0 Å². The lowest BCUT2D eigenvalue weighted by Gasteiger charge is -2.55. The fourth-order valence-corrected chi connectivity index (χ4v) is 6.20. The van der Waals surface area contributed by atoms with Crippen molar-refractivity contribution >= 4 is 0 Å². The quantitative estimate of drug-likeness (QED) is 0.826. The summed E-state index contributed by atoms with van der Waals surface area (Å²) in [6, 6.07) is 6.86. The number of nitrogens with one attached hydrogen (secondary N) is 1. The number of rotatable bonds is 1. The van der Waals surface area contributed by atoms with Crippen LogP contribution in [0.2, 0.25) is 0 Å². The van der Waals surface area contributed by atoms with Gasteiger partial charge in [0.2, 0.25) is 0 Å². The lowest BCUT2D eigenvalue weighted by atomic mass is 9.53. The summed E-state index contributed by atoms with van der Waals surface area (Å²) in [6.45, 7) is 5.28. The minimum absolute atomic E-state index is 0.0401. The molecule has 1 aromatic carbocycles. The Morgan fingerprint density at radius 2 is 1.96 bits per heavy atom. The molecule has 1 aliphatic heterocycles. The molecule has 2 saturated carbocycles. The molecule has 5 rings (SSSR count). The predicted molar refractivity (Wildman–Crippen MR) is 96.8 cm³/mol. The van der Waals surface area contributed by atoms with E-state index in [1.165, 1.54) is 24.0 Å². The van der Waals surface area contributed by atoms with E-state index in [2.05, 4.69) is 37.4 Å². The van der Waals surface area contributed by atoms with Gasteiger partial charge in [0, 0.05) is 23.4 Å². The van der Waals surface area contributed by atoms with Crippen molar-refractivity contribution in [1.29, 1.82) is 0 Å². The van der Waals surface area contributed by atoms with Gasteiger partial charge in [-0.15, -0.1) is 0 Å². The van der Waals surface area contributed by atoms with Gasteiger partial charge in [-0.3, -0.25) is 0 Å². The Hall–Kier alpha value is -1.06. The number of hydrogen-bond donors (Lipinski definition) is 2. The van der Waals surface area contributed by atoms with Crippen molar-refractivity contribution in [2.45, 2.75) is 81.3 Å². The number of fused-ring (bicyclic) bond motifs is 3. The van der Waals surface area contributed by atoms with Crippen molar-refractivity contribution in [1.82, 2.24) is 5.32 Å². The molecule has 0 radical (unpaired) electrons. The maximum absolute atomic E-state index is 11.7. The summed E-state index contributed by atoms with van der Waals surface area (Å²) in [7, 11) is 1.74. The maximum Gasteiger partial charge on any atom is 0.119 e. The van der Waals surface area contributed by atoms with E-state index in [4.69, 9.17) is 4.74 Å². The molecule has 2 N–H and O–H groups in total. The van der Waals surface area contributed by atoms with Gasteiger partial charge in [0.15, 0.2) is 0 Å². The Morgan fingerprint density at radius 3 is 2.71 bits per heavy atom. The number of hydrogen-bond acceptors (Lipinski definition) is 3. The van der Waals surface area contributed by atoms with Crippen LogP contribution in [0.3, 0.4) is 0 Å². The van der Waals surface area contributed by atoms with Gasteiger partial charge in [-0.1, -0.05) is 39.2 Å². The molecule has 0 amide bonds. The highest BCUT2D eigenvalue weighted by atomic mass is 16.5. The first-order valence-electron chi connectivity index (χ1n) is 9.70. The molecule has 2 spiro atoms. The average Bonchev–Trinajstić information content (AvgIpc) is 3.08. The van der Waals surface area contributed by atoms with E-state index in [1.807, 2.05) is 0 Å². The molecular formula is C21H31NO2. The van der Waals surface area contributed by atoms with Crippen LogP contribution in [0.4, 0.5) is 0 Å². The van der Waals surface area contributed by atoms with Crippen LogP contribution in [-0.2, 0) is 10.8 Å².